The summed E-state index contributed by atoms with van der Waals surface area (Å²) in [6.45, 7) is 3.04. The third kappa shape index (κ3) is 2.83. The predicted molar refractivity (Wildman–Crippen MR) is 82.1 cm³/mol. The lowest BCUT2D eigenvalue weighted by Gasteiger charge is -2.44. The van der Waals surface area contributed by atoms with Crippen molar-refractivity contribution in [3.8, 4) is 0 Å². The minimum absolute atomic E-state index is 0.0730. The van der Waals surface area contributed by atoms with Crippen LogP contribution in [-0.2, 0) is 30.9 Å². The zero-order chi connectivity index (χ0) is 15.7. The Kier molecular flexibility index (Phi) is 4.35. The van der Waals surface area contributed by atoms with Crippen LogP contribution in [0.2, 0.25) is 0 Å². The summed E-state index contributed by atoms with van der Waals surface area (Å²) in [4.78, 5) is 24.1. The van der Waals surface area contributed by atoms with E-state index in [9.17, 15) is 9.59 Å². The number of hydrogen-bond acceptors (Lipinski definition) is 4. The summed E-state index contributed by atoms with van der Waals surface area (Å²) < 4.78 is 11.5. The average Bonchev–Trinajstić information content (AvgIpc) is 2.48. The topological polar surface area (TPSA) is 52.6 Å². The Morgan fingerprint density at radius 2 is 1.95 bits per heavy atom. The third-order valence-corrected chi connectivity index (χ3v) is 4.85. The Labute approximate surface area is 134 Å². The van der Waals surface area contributed by atoms with Gasteiger partial charge in [-0.2, -0.15) is 0 Å². The van der Waals surface area contributed by atoms with Crippen LogP contribution >= 0.6 is 11.6 Å². The van der Waals surface area contributed by atoms with Crippen LogP contribution in [0.3, 0.4) is 0 Å². The van der Waals surface area contributed by atoms with Crippen LogP contribution in [-0.4, -0.2) is 36.4 Å². The summed E-state index contributed by atoms with van der Waals surface area (Å²) in [6.07, 6.45) is 0.841. The van der Waals surface area contributed by atoms with E-state index >= 15 is 0 Å². The highest BCUT2D eigenvalue weighted by Crippen LogP contribution is 2.41. The molecule has 1 aromatic carbocycles. The first-order valence-corrected chi connectivity index (χ1v) is 7.92. The molecule has 1 aliphatic carbocycles. The molecule has 2 aliphatic rings. The van der Waals surface area contributed by atoms with Crippen molar-refractivity contribution in [2.24, 2.45) is 0 Å². The number of carbonyl (C=O) groups is 2. The van der Waals surface area contributed by atoms with E-state index in [2.05, 4.69) is 0 Å². The predicted octanol–water partition coefficient (Wildman–Crippen LogP) is 2.40. The third-order valence-electron chi connectivity index (χ3n) is 4.71. The van der Waals surface area contributed by atoms with Gasteiger partial charge >= 0.3 is 0 Å². The summed E-state index contributed by atoms with van der Waals surface area (Å²) in [5.74, 6) is 0.133. The summed E-state index contributed by atoms with van der Waals surface area (Å²) in [6, 6.07) is 7.52. The Balaban J connectivity index is 1.95. The van der Waals surface area contributed by atoms with Gasteiger partial charge in [-0.05, 0) is 36.1 Å². The molecule has 3 rings (SSSR count). The van der Waals surface area contributed by atoms with Crippen LogP contribution in [0.15, 0.2) is 24.3 Å². The van der Waals surface area contributed by atoms with E-state index in [0.29, 0.717) is 26.1 Å². The highest BCUT2D eigenvalue weighted by atomic mass is 35.5. The van der Waals surface area contributed by atoms with E-state index in [4.69, 9.17) is 21.1 Å². The van der Waals surface area contributed by atoms with Crippen molar-refractivity contribution in [2.45, 2.75) is 43.8 Å². The zero-order valence-electron chi connectivity index (χ0n) is 12.5. The number of ketones is 1. The summed E-state index contributed by atoms with van der Waals surface area (Å²) >= 11 is 5.55. The average molecular weight is 323 g/mol. The van der Waals surface area contributed by atoms with Crippen LogP contribution in [0.5, 0.6) is 0 Å². The van der Waals surface area contributed by atoms with E-state index in [1.165, 1.54) is 0 Å². The molecule has 118 valence electrons. The fourth-order valence-corrected chi connectivity index (χ4v) is 3.69. The monoisotopic (exact) mass is 322 g/mol. The Morgan fingerprint density at radius 1 is 1.27 bits per heavy atom. The van der Waals surface area contributed by atoms with Crippen molar-refractivity contribution < 1.29 is 19.1 Å². The van der Waals surface area contributed by atoms with Gasteiger partial charge in [0.25, 0.3) is 0 Å². The normalized spacial score (nSPS) is 31.6. The molecule has 0 spiro atoms. The van der Waals surface area contributed by atoms with E-state index in [1.54, 1.807) is 0 Å². The Bertz CT molecular complexity index is 600. The van der Waals surface area contributed by atoms with Crippen LogP contribution in [0, 0.1) is 0 Å². The van der Waals surface area contributed by atoms with Crippen molar-refractivity contribution >= 4 is 22.6 Å². The molecule has 1 heterocycles. The SMILES string of the molecule is CC1(c2ccccc2CC(=O)Cl)CC2OCCOC2CC1=O. The largest absolute Gasteiger partial charge is 0.373 e. The highest BCUT2D eigenvalue weighted by Gasteiger charge is 2.47. The van der Waals surface area contributed by atoms with Crippen molar-refractivity contribution in [2.75, 3.05) is 13.2 Å². The fourth-order valence-electron chi connectivity index (χ4n) is 3.54. The molecular weight excluding hydrogens is 304 g/mol. The number of rotatable bonds is 3. The number of hydrogen-bond donors (Lipinski definition) is 0. The molecule has 0 radical (unpaired) electrons. The molecule has 2 fully saturated rings. The molecule has 1 saturated heterocycles. The maximum absolute atomic E-state index is 12.8. The molecule has 1 saturated carbocycles. The summed E-state index contributed by atoms with van der Waals surface area (Å²) in [7, 11) is 0. The highest BCUT2D eigenvalue weighted by molar-refractivity contribution is 6.63. The molecule has 1 aliphatic heterocycles. The van der Waals surface area contributed by atoms with Gasteiger partial charge in [0.1, 0.15) is 5.78 Å². The molecule has 1 aromatic rings. The second-order valence-corrected chi connectivity index (χ2v) is 6.59. The number of ether oxygens (including phenoxy) is 2. The lowest BCUT2D eigenvalue weighted by molar-refractivity contribution is -0.172. The van der Waals surface area contributed by atoms with Crippen molar-refractivity contribution in [1.29, 1.82) is 0 Å². The molecule has 3 unspecified atom stereocenters. The maximum Gasteiger partial charge on any atom is 0.226 e. The Hall–Kier alpha value is -1.23. The minimum Gasteiger partial charge on any atom is -0.373 e. The smallest absolute Gasteiger partial charge is 0.226 e. The van der Waals surface area contributed by atoms with E-state index in [1.807, 2.05) is 31.2 Å². The molecule has 4 nitrogen and oxygen atoms in total. The fraction of sp³-hybridized carbons (Fsp3) is 0.529. The van der Waals surface area contributed by atoms with Crippen LogP contribution < -0.4 is 0 Å². The van der Waals surface area contributed by atoms with Gasteiger partial charge in [0.2, 0.25) is 5.24 Å². The first kappa shape index (κ1) is 15.7. The molecular formula is C17H19ClO4. The van der Waals surface area contributed by atoms with Crippen LogP contribution in [0.25, 0.3) is 0 Å². The molecule has 5 heteroatoms. The van der Waals surface area contributed by atoms with Gasteiger partial charge in [-0.25, -0.2) is 0 Å². The first-order valence-electron chi connectivity index (χ1n) is 7.54. The maximum atomic E-state index is 12.8. The zero-order valence-corrected chi connectivity index (χ0v) is 13.3. The quantitative estimate of drug-likeness (QED) is 0.802. The van der Waals surface area contributed by atoms with Crippen molar-refractivity contribution in [3.05, 3.63) is 35.4 Å². The number of fused-ring (bicyclic) bond motifs is 1. The second-order valence-electron chi connectivity index (χ2n) is 6.17. The molecule has 0 aromatic heterocycles. The van der Waals surface area contributed by atoms with E-state index in [0.717, 1.165) is 11.1 Å². The first-order chi connectivity index (χ1) is 10.5. The number of Topliss-reactive ketones (excluding diaryl/α,β-unsaturated/α-hetero) is 1. The molecule has 0 bridgehead atoms. The van der Waals surface area contributed by atoms with Gasteiger partial charge in [-0.15, -0.1) is 0 Å². The van der Waals surface area contributed by atoms with Crippen molar-refractivity contribution in [3.63, 3.8) is 0 Å². The summed E-state index contributed by atoms with van der Waals surface area (Å²) in [5, 5.41) is -0.422. The molecule has 3 atom stereocenters. The lowest BCUT2D eigenvalue weighted by Crippen LogP contribution is -2.52. The number of halogens is 1. The minimum atomic E-state index is -0.662. The van der Waals surface area contributed by atoms with Gasteiger partial charge in [0.15, 0.2) is 0 Å². The van der Waals surface area contributed by atoms with Gasteiger partial charge in [0.05, 0.1) is 30.8 Å². The second kappa shape index (κ2) is 6.11. The van der Waals surface area contributed by atoms with Crippen LogP contribution in [0.4, 0.5) is 0 Å². The lowest BCUT2D eigenvalue weighted by atomic mass is 9.66. The van der Waals surface area contributed by atoms with Gasteiger partial charge < -0.3 is 9.47 Å². The van der Waals surface area contributed by atoms with Gasteiger partial charge in [-0.1, -0.05) is 24.3 Å². The van der Waals surface area contributed by atoms with E-state index < -0.39 is 10.7 Å². The standard InChI is InChI=1S/C17H19ClO4/c1-17(12-5-3-2-4-11(12)8-16(18)20)10-14-13(9-15(17)19)21-6-7-22-14/h2-5,13-14H,6-10H2,1H3. The number of benzene rings is 1. The molecule has 0 N–H and O–H groups in total. The molecule has 0 amide bonds. The summed E-state index contributed by atoms with van der Waals surface area (Å²) in [5.41, 5.74) is 1.03. The van der Waals surface area contributed by atoms with Gasteiger partial charge in [0, 0.05) is 12.8 Å². The van der Waals surface area contributed by atoms with Crippen LogP contribution in [0.1, 0.15) is 30.9 Å². The van der Waals surface area contributed by atoms with E-state index in [-0.39, 0.29) is 24.4 Å². The molecule has 22 heavy (non-hydrogen) atoms. The Morgan fingerprint density at radius 3 is 2.68 bits per heavy atom. The van der Waals surface area contributed by atoms with Gasteiger partial charge in [-0.3, -0.25) is 9.59 Å². The van der Waals surface area contributed by atoms with Crippen molar-refractivity contribution in [1.82, 2.24) is 0 Å². The number of carbonyl (C=O) groups excluding carboxylic acids is 2.